The molecule has 0 saturated heterocycles. The van der Waals surface area contributed by atoms with Crippen LogP contribution in [0.15, 0.2) is 24.3 Å². The fourth-order valence-corrected chi connectivity index (χ4v) is 3.03. The van der Waals surface area contributed by atoms with E-state index < -0.39 is 11.4 Å². The number of hydrogen-bond acceptors (Lipinski definition) is 4. The Kier molecular flexibility index (Phi) is 6.18. The quantitative estimate of drug-likeness (QED) is 0.452. The van der Waals surface area contributed by atoms with Crippen LogP contribution in [0.2, 0.25) is 0 Å². The zero-order valence-corrected chi connectivity index (χ0v) is 14.0. The lowest BCUT2D eigenvalue weighted by atomic mass is 9.61. The molecule has 0 saturated carbocycles. The number of nitrogens with zero attached hydrogens (tertiary/aromatic N) is 2. The van der Waals surface area contributed by atoms with E-state index in [1.165, 1.54) is 6.92 Å². The molecule has 120 valence electrons. The van der Waals surface area contributed by atoms with Crippen LogP contribution in [0.5, 0.6) is 0 Å². The van der Waals surface area contributed by atoms with E-state index in [-0.39, 0.29) is 18.4 Å². The van der Waals surface area contributed by atoms with Crippen LogP contribution in [0.25, 0.3) is 0 Å². The summed E-state index contributed by atoms with van der Waals surface area (Å²) in [5.74, 6) is 5.56. The van der Waals surface area contributed by atoms with Gasteiger partial charge in [0.2, 0.25) is 0 Å². The first-order valence-corrected chi connectivity index (χ1v) is 7.60. The summed E-state index contributed by atoms with van der Waals surface area (Å²) in [6.07, 6.45) is 5.60. The third kappa shape index (κ3) is 4.24. The molecular formula is C19H22N2O2. The Bertz CT molecular complexity index is 638. The lowest BCUT2D eigenvalue weighted by molar-refractivity contribution is -0.139. The predicted octanol–water partition coefficient (Wildman–Crippen LogP) is 3.53. The van der Waals surface area contributed by atoms with Crippen LogP contribution in [0.1, 0.15) is 40.0 Å². The molecule has 4 heteroatoms. The SMILES string of the molecule is C=C[C@]1(C)C[C@@H](C)CC=C1C(C#N)(C#N)CC#CCOC(C)=O. The summed E-state index contributed by atoms with van der Waals surface area (Å²) in [6, 6.07) is 4.30. The number of carbonyl (C=O) groups is 1. The van der Waals surface area contributed by atoms with Gasteiger partial charge in [0, 0.05) is 18.8 Å². The van der Waals surface area contributed by atoms with E-state index in [1.54, 1.807) is 0 Å². The second-order valence-electron chi connectivity index (χ2n) is 6.22. The molecule has 0 bridgehead atoms. The van der Waals surface area contributed by atoms with E-state index in [0.717, 1.165) is 18.4 Å². The molecule has 0 fully saturated rings. The van der Waals surface area contributed by atoms with E-state index in [4.69, 9.17) is 4.74 Å². The molecule has 0 amide bonds. The minimum absolute atomic E-state index is 0.0307. The Balaban J connectivity index is 3.10. The number of hydrogen-bond donors (Lipinski definition) is 0. The van der Waals surface area contributed by atoms with Crippen molar-refractivity contribution in [3.8, 4) is 24.0 Å². The molecule has 4 nitrogen and oxygen atoms in total. The van der Waals surface area contributed by atoms with Gasteiger partial charge in [0.05, 0.1) is 12.1 Å². The molecule has 2 atom stereocenters. The Hall–Kier alpha value is -2.51. The smallest absolute Gasteiger partial charge is 0.303 e. The maximum Gasteiger partial charge on any atom is 0.303 e. The summed E-state index contributed by atoms with van der Waals surface area (Å²) < 4.78 is 4.74. The Morgan fingerprint density at radius 3 is 2.70 bits per heavy atom. The fraction of sp³-hybridized carbons (Fsp3) is 0.526. The third-order valence-electron chi connectivity index (χ3n) is 4.23. The zero-order chi connectivity index (χ0) is 17.5. The first-order chi connectivity index (χ1) is 10.8. The molecule has 0 aromatic carbocycles. The maximum atomic E-state index is 10.7. The minimum atomic E-state index is -1.30. The Labute approximate surface area is 138 Å². The van der Waals surface area contributed by atoms with Crippen LogP contribution in [0, 0.1) is 51.3 Å². The molecule has 0 aromatic heterocycles. The van der Waals surface area contributed by atoms with Gasteiger partial charge in [-0.25, -0.2) is 0 Å². The number of allylic oxidation sites excluding steroid dienone is 3. The Morgan fingerprint density at radius 1 is 1.52 bits per heavy atom. The number of ether oxygens (including phenoxy) is 1. The lowest BCUT2D eigenvalue weighted by Crippen LogP contribution is -2.34. The number of esters is 1. The van der Waals surface area contributed by atoms with Gasteiger partial charge in [-0.05, 0) is 24.3 Å². The highest BCUT2D eigenvalue weighted by molar-refractivity contribution is 5.66. The summed E-state index contributed by atoms with van der Waals surface area (Å²) >= 11 is 0. The van der Waals surface area contributed by atoms with Crippen molar-refractivity contribution in [1.29, 1.82) is 10.5 Å². The van der Waals surface area contributed by atoms with E-state index in [9.17, 15) is 15.3 Å². The summed E-state index contributed by atoms with van der Waals surface area (Å²) in [4.78, 5) is 10.7. The average Bonchev–Trinajstić information content (AvgIpc) is 2.52. The molecule has 0 aromatic rings. The topological polar surface area (TPSA) is 73.9 Å². The summed E-state index contributed by atoms with van der Waals surface area (Å²) in [6.45, 7) is 9.33. The molecule has 0 aliphatic heterocycles. The van der Waals surface area contributed by atoms with Crippen molar-refractivity contribution in [3.63, 3.8) is 0 Å². The molecular weight excluding hydrogens is 288 g/mol. The van der Waals surface area contributed by atoms with Crippen molar-refractivity contribution in [1.82, 2.24) is 0 Å². The van der Waals surface area contributed by atoms with Crippen LogP contribution in [0.3, 0.4) is 0 Å². The molecule has 1 aliphatic carbocycles. The lowest BCUT2D eigenvalue weighted by Gasteiger charge is -2.40. The van der Waals surface area contributed by atoms with Crippen molar-refractivity contribution >= 4 is 5.97 Å². The minimum Gasteiger partial charge on any atom is -0.453 e. The molecule has 0 heterocycles. The third-order valence-corrected chi connectivity index (χ3v) is 4.23. The molecule has 23 heavy (non-hydrogen) atoms. The molecule has 0 radical (unpaired) electrons. The van der Waals surface area contributed by atoms with Gasteiger partial charge in [-0.1, -0.05) is 37.8 Å². The van der Waals surface area contributed by atoms with Crippen molar-refractivity contribution in [2.75, 3.05) is 6.61 Å². The van der Waals surface area contributed by atoms with Gasteiger partial charge in [-0.15, -0.1) is 6.58 Å². The predicted molar refractivity (Wildman–Crippen MR) is 87.5 cm³/mol. The van der Waals surface area contributed by atoms with Crippen molar-refractivity contribution in [3.05, 3.63) is 24.3 Å². The van der Waals surface area contributed by atoms with Gasteiger partial charge in [-0.3, -0.25) is 4.79 Å². The fourth-order valence-electron chi connectivity index (χ4n) is 3.03. The van der Waals surface area contributed by atoms with Crippen LogP contribution >= 0.6 is 0 Å². The van der Waals surface area contributed by atoms with Gasteiger partial charge < -0.3 is 4.74 Å². The van der Waals surface area contributed by atoms with E-state index in [0.29, 0.717) is 5.92 Å². The van der Waals surface area contributed by atoms with Gasteiger partial charge in [-0.2, -0.15) is 10.5 Å². The van der Waals surface area contributed by atoms with Crippen molar-refractivity contribution < 1.29 is 9.53 Å². The van der Waals surface area contributed by atoms with Crippen molar-refractivity contribution in [2.45, 2.75) is 40.0 Å². The normalized spacial score (nSPS) is 23.3. The van der Waals surface area contributed by atoms with E-state index in [2.05, 4.69) is 37.5 Å². The standard InChI is InChI=1S/C19H22N2O2/c1-5-18(4)12-15(2)8-9-17(18)19(13-20,14-21)10-6-7-11-23-16(3)22/h5,9,15H,1,8,10-12H2,2-4H3/t15-,18+/m0/s1. The molecule has 1 aliphatic rings. The maximum absolute atomic E-state index is 10.7. The average molecular weight is 310 g/mol. The first kappa shape index (κ1) is 18.5. The number of carbonyl (C=O) groups excluding carboxylic acids is 1. The van der Waals surface area contributed by atoms with E-state index >= 15 is 0 Å². The molecule has 1 rings (SSSR count). The van der Waals surface area contributed by atoms with Crippen LogP contribution < -0.4 is 0 Å². The zero-order valence-electron chi connectivity index (χ0n) is 14.0. The molecule has 0 spiro atoms. The second kappa shape index (κ2) is 7.66. The monoisotopic (exact) mass is 310 g/mol. The Morgan fingerprint density at radius 2 is 2.17 bits per heavy atom. The molecule has 0 N–H and O–H groups in total. The van der Waals surface area contributed by atoms with Crippen LogP contribution in [0.4, 0.5) is 0 Å². The second-order valence-corrected chi connectivity index (χ2v) is 6.22. The summed E-state index contributed by atoms with van der Waals surface area (Å²) in [5, 5.41) is 19.3. The largest absolute Gasteiger partial charge is 0.453 e. The summed E-state index contributed by atoms with van der Waals surface area (Å²) in [7, 11) is 0. The van der Waals surface area contributed by atoms with Crippen molar-refractivity contribution in [2.24, 2.45) is 16.7 Å². The van der Waals surface area contributed by atoms with Gasteiger partial charge in [0.1, 0.15) is 0 Å². The highest BCUT2D eigenvalue weighted by Crippen LogP contribution is 2.49. The highest BCUT2D eigenvalue weighted by Gasteiger charge is 2.45. The first-order valence-electron chi connectivity index (χ1n) is 7.60. The molecule has 0 unspecified atom stereocenters. The van der Waals surface area contributed by atoms with Crippen LogP contribution in [-0.2, 0) is 9.53 Å². The number of rotatable bonds is 4. The summed E-state index contributed by atoms with van der Waals surface area (Å²) in [5.41, 5.74) is -0.905. The van der Waals surface area contributed by atoms with Crippen LogP contribution in [-0.4, -0.2) is 12.6 Å². The van der Waals surface area contributed by atoms with Gasteiger partial charge >= 0.3 is 5.97 Å². The highest BCUT2D eigenvalue weighted by atomic mass is 16.5. The van der Waals surface area contributed by atoms with E-state index in [1.807, 2.05) is 19.1 Å². The van der Waals surface area contributed by atoms with Gasteiger partial charge in [0.25, 0.3) is 0 Å². The number of nitriles is 2. The van der Waals surface area contributed by atoms with Gasteiger partial charge in [0.15, 0.2) is 12.0 Å².